The number of likely N-dealkylation sites (tertiary alicyclic amines) is 1. The minimum Gasteiger partial charge on any atom is -0.341 e. The van der Waals surface area contributed by atoms with Crippen LogP contribution in [-0.2, 0) is 4.79 Å². The average molecular weight is 241 g/mol. The first-order chi connectivity index (χ1) is 7.95. The fourth-order valence-electron chi connectivity index (χ4n) is 2.65. The predicted octanol–water partition coefficient (Wildman–Crippen LogP) is 0.912. The first-order valence-electron chi connectivity index (χ1n) is 6.65. The third-order valence-electron chi connectivity index (χ3n) is 3.68. The van der Waals surface area contributed by atoms with E-state index >= 15 is 0 Å². The second-order valence-corrected chi connectivity index (χ2v) is 5.56. The molecule has 0 saturated carbocycles. The molecule has 1 fully saturated rings. The summed E-state index contributed by atoms with van der Waals surface area (Å²) < 4.78 is 0. The van der Waals surface area contributed by atoms with E-state index < -0.39 is 0 Å². The maximum absolute atomic E-state index is 12.1. The number of likely N-dealkylation sites (N-methyl/N-ethyl adjacent to an activating group) is 1. The fraction of sp³-hybridized carbons (Fsp3) is 0.923. The van der Waals surface area contributed by atoms with Gasteiger partial charge in [-0.25, -0.2) is 0 Å². The topological polar surface area (TPSA) is 49.6 Å². The van der Waals surface area contributed by atoms with Gasteiger partial charge in [-0.3, -0.25) is 4.79 Å². The molecule has 0 aromatic rings. The van der Waals surface area contributed by atoms with E-state index in [-0.39, 0.29) is 11.9 Å². The summed E-state index contributed by atoms with van der Waals surface area (Å²) in [6.45, 7) is 6.04. The zero-order valence-corrected chi connectivity index (χ0v) is 11.6. The number of amides is 1. The smallest absolute Gasteiger partial charge is 0.224 e. The van der Waals surface area contributed by atoms with Crippen LogP contribution in [0.1, 0.15) is 33.1 Å². The van der Waals surface area contributed by atoms with Crippen molar-refractivity contribution in [2.75, 3.05) is 27.2 Å². The number of nitrogens with zero attached hydrogens (tertiary/aromatic N) is 2. The number of hydrogen-bond donors (Lipinski definition) is 1. The van der Waals surface area contributed by atoms with Crippen molar-refractivity contribution in [3.63, 3.8) is 0 Å². The summed E-state index contributed by atoms with van der Waals surface area (Å²) in [6, 6.07) is 0.516. The van der Waals surface area contributed by atoms with E-state index in [0.717, 1.165) is 25.9 Å². The van der Waals surface area contributed by atoms with Gasteiger partial charge in [0.1, 0.15) is 0 Å². The van der Waals surface area contributed by atoms with Crippen LogP contribution in [0.3, 0.4) is 0 Å². The number of rotatable bonds is 5. The third kappa shape index (κ3) is 3.96. The highest BCUT2D eigenvalue weighted by atomic mass is 16.2. The quantitative estimate of drug-likeness (QED) is 0.778. The van der Waals surface area contributed by atoms with Crippen molar-refractivity contribution in [2.45, 2.75) is 45.2 Å². The van der Waals surface area contributed by atoms with E-state index in [4.69, 9.17) is 5.73 Å². The zero-order chi connectivity index (χ0) is 13.0. The average Bonchev–Trinajstić information content (AvgIpc) is 2.60. The minimum absolute atomic E-state index is 0.0289. The van der Waals surface area contributed by atoms with Gasteiger partial charge in [0.05, 0.1) is 0 Å². The Balaban J connectivity index is 2.44. The molecule has 1 amide bonds. The molecule has 4 nitrogen and oxygen atoms in total. The Labute approximate surface area is 105 Å². The molecule has 17 heavy (non-hydrogen) atoms. The maximum Gasteiger partial charge on any atom is 0.224 e. The van der Waals surface area contributed by atoms with Gasteiger partial charge in [0.15, 0.2) is 0 Å². The fourth-order valence-corrected chi connectivity index (χ4v) is 2.65. The van der Waals surface area contributed by atoms with Crippen LogP contribution < -0.4 is 5.73 Å². The molecule has 0 spiro atoms. The van der Waals surface area contributed by atoms with Crippen LogP contribution in [0.4, 0.5) is 0 Å². The summed E-state index contributed by atoms with van der Waals surface area (Å²) in [5.74, 6) is 0.776. The predicted molar refractivity (Wildman–Crippen MR) is 70.7 cm³/mol. The molecule has 0 aliphatic carbocycles. The molecule has 1 aliphatic heterocycles. The van der Waals surface area contributed by atoms with E-state index in [1.54, 1.807) is 0 Å². The number of nitrogens with two attached hydrogens (primary N) is 1. The van der Waals surface area contributed by atoms with Gasteiger partial charge in [0, 0.05) is 31.6 Å². The van der Waals surface area contributed by atoms with E-state index in [1.807, 2.05) is 4.90 Å². The van der Waals surface area contributed by atoms with E-state index in [2.05, 4.69) is 32.8 Å². The van der Waals surface area contributed by atoms with Crippen molar-refractivity contribution in [3.8, 4) is 0 Å². The second-order valence-electron chi connectivity index (χ2n) is 5.56. The summed E-state index contributed by atoms with van der Waals surface area (Å²) in [4.78, 5) is 16.3. The summed E-state index contributed by atoms with van der Waals surface area (Å²) >= 11 is 0. The Morgan fingerprint density at radius 1 is 1.47 bits per heavy atom. The van der Waals surface area contributed by atoms with E-state index in [1.165, 1.54) is 0 Å². The lowest BCUT2D eigenvalue weighted by molar-refractivity contribution is -0.130. The molecule has 4 heteroatoms. The van der Waals surface area contributed by atoms with Crippen molar-refractivity contribution in [1.29, 1.82) is 0 Å². The molecule has 2 N–H and O–H groups in total. The van der Waals surface area contributed by atoms with Crippen molar-refractivity contribution >= 4 is 5.91 Å². The maximum atomic E-state index is 12.1. The summed E-state index contributed by atoms with van der Waals surface area (Å²) in [5, 5.41) is 0. The van der Waals surface area contributed by atoms with Crippen LogP contribution in [0.25, 0.3) is 0 Å². The van der Waals surface area contributed by atoms with Gasteiger partial charge in [0.2, 0.25) is 5.91 Å². The number of carbonyl (C=O) groups is 1. The van der Waals surface area contributed by atoms with E-state index in [0.29, 0.717) is 18.4 Å². The van der Waals surface area contributed by atoms with Gasteiger partial charge in [-0.05, 0) is 26.4 Å². The first-order valence-corrected chi connectivity index (χ1v) is 6.65. The Morgan fingerprint density at radius 2 is 2.12 bits per heavy atom. The van der Waals surface area contributed by atoms with Gasteiger partial charge >= 0.3 is 0 Å². The van der Waals surface area contributed by atoms with Gasteiger partial charge in [-0.1, -0.05) is 20.3 Å². The molecule has 1 aliphatic rings. The highest BCUT2D eigenvalue weighted by Crippen LogP contribution is 2.21. The molecule has 3 unspecified atom stereocenters. The molecule has 1 saturated heterocycles. The summed E-state index contributed by atoms with van der Waals surface area (Å²) in [5.41, 5.74) is 5.92. The molecular formula is C13H27N3O. The first kappa shape index (κ1) is 14.5. The Morgan fingerprint density at radius 3 is 2.59 bits per heavy atom. The number of carbonyl (C=O) groups excluding carboxylic acids is 1. The lowest BCUT2D eigenvalue weighted by atomic mass is 10.1. The molecule has 100 valence electrons. The Bertz CT molecular complexity index is 255. The van der Waals surface area contributed by atoms with Gasteiger partial charge in [-0.2, -0.15) is 0 Å². The van der Waals surface area contributed by atoms with Crippen LogP contribution >= 0.6 is 0 Å². The molecule has 1 heterocycles. The normalized spacial score (nSPS) is 26.6. The Kier molecular flexibility index (Phi) is 5.40. The highest BCUT2D eigenvalue weighted by molar-refractivity contribution is 5.77. The molecule has 1 rings (SSSR count). The molecular weight excluding hydrogens is 214 g/mol. The van der Waals surface area contributed by atoms with Crippen molar-refractivity contribution in [2.24, 2.45) is 11.7 Å². The highest BCUT2D eigenvalue weighted by Gasteiger charge is 2.33. The van der Waals surface area contributed by atoms with Crippen molar-refractivity contribution in [3.05, 3.63) is 0 Å². The van der Waals surface area contributed by atoms with Crippen molar-refractivity contribution in [1.82, 2.24) is 9.80 Å². The number of hydrogen-bond acceptors (Lipinski definition) is 3. The second kappa shape index (κ2) is 6.36. The SMILES string of the molecule is CCCC(N)CC(=O)N1CC(C)C(N(C)C)C1. The lowest BCUT2D eigenvalue weighted by Crippen LogP contribution is -2.37. The minimum atomic E-state index is 0.0289. The van der Waals surface area contributed by atoms with Gasteiger partial charge in [0.25, 0.3) is 0 Å². The van der Waals surface area contributed by atoms with Gasteiger partial charge in [-0.15, -0.1) is 0 Å². The molecule has 0 aromatic carbocycles. The van der Waals surface area contributed by atoms with Crippen LogP contribution in [0, 0.1) is 5.92 Å². The molecule has 0 radical (unpaired) electrons. The van der Waals surface area contributed by atoms with Crippen LogP contribution in [0.5, 0.6) is 0 Å². The molecule has 3 atom stereocenters. The monoisotopic (exact) mass is 241 g/mol. The standard InChI is InChI=1S/C13H27N3O/c1-5-6-11(14)7-13(17)16-8-10(2)12(9-16)15(3)4/h10-12H,5-9,14H2,1-4H3. The van der Waals surface area contributed by atoms with Gasteiger partial charge < -0.3 is 15.5 Å². The van der Waals surface area contributed by atoms with Crippen molar-refractivity contribution < 1.29 is 4.79 Å². The third-order valence-corrected chi connectivity index (χ3v) is 3.68. The Hall–Kier alpha value is -0.610. The summed E-state index contributed by atoms with van der Waals surface area (Å²) in [6.07, 6.45) is 2.48. The summed E-state index contributed by atoms with van der Waals surface area (Å²) in [7, 11) is 4.16. The molecule has 0 aromatic heterocycles. The van der Waals surface area contributed by atoms with E-state index in [9.17, 15) is 4.79 Å². The molecule has 0 bridgehead atoms. The van der Waals surface area contributed by atoms with Crippen LogP contribution in [0.2, 0.25) is 0 Å². The van der Waals surface area contributed by atoms with Crippen LogP contribution in [-0.4, -0.2) is 55.0 Å². The lowest BCUT2D eigenvalue weighted by Gasteiger charge is -2.22. The largest absolute Gasteiger partial charge is 0.341 e. The van der Waals surface area contributed by atoms with Crippen LogP contribution in [0.15, 0.2) is 0 Å². The zero-order valence-electron chi connectivity index (χ0n) is 11.6.